The van der Waals surface area contributed by atoms with Crippen molar-refractivity contribution in [1.82, 2.24) is 0 Å². The summed E-state index contributed by atoms with van der Waals surface area (Å²) in [5, 5.41) is 35.4. The lowest BCUT2D eigenvalue weighted by atomic mass is 9.32. The van der Waals surface area contributed by atoms with Gasteiger partial charge in [0, 0.05) is 17.8 Å². The minimum atomic E-state index is -1.28. The van der Waals surface area contributed by atoms with Gasteiger partial charge in [0.05, 0.1) is 25.4 Å². The quantitative estimate of drug-likeness (QED) is 0.410. The fraction of sp³-hybridized carbons (Fsp3) is 1.00. The number of aliphatic hydroxyl groups is 3. The van der Waals surface area contributed by atoms with E-state index in [0.29, 0.717) is 31.5 Å². The highest BCUT2D eigenvalue weighted by Gasteiger charge is 2.78. The molecule has 37 heavy (non-hydrogen) atoms. The molecule has 0 spiro atoms. The molecule has 1 unspecified atom stereocenters. The highest BCUT2D eigenvalue weighted by molar-refractivity contribution is 5.27. The molecule has 0 aromatic rings. The SMILES string of the molecule is CC(C)CCC1([C@@H](C)[C@@]2(O)[C@@H](O)C[C@@]3(C)C4CC[C@@]5(C)C[C@@H](O)CC[C@]5(C)[C@@]4(C)CC[C@]23C)OCCO1. The fourth-order valence-electron chi connectivity index (χ4n) is 11.4. The number of rotatable bonds is 5. The van der Waals surface area contributed by atoms with Crippen LogP contribution in [-0.2, 0) is 9.47 Å². The predicted octanol–water partition coefficient (Wildman–Crippen LogP) is 6.08. The summed E-state index contributed by atoms with van der Waals surface area (Å²) < 4.78 is 12.7. The van der Waals surface area contributed by atoms with Crippen LogP contribution in [0.15, 0.2) is 0 Å². The topological polar surface area (TPSA) is 79.2 Å². The molecular weight excluding hydrogens is 464 g/mol. The summed E-state index contributed by atoms with van der Waals surface area (Å²) in [6.45, 7) is 19.8. The van der Waals surface area contributed by atoms with Gasteiger partial charge in [0.15, 0.2) is 5.79 Å². The molecule has 214 valence electrons. The van der Waals surface area contributed by atoms with Gasteiger partial charge in [-0.1, -0.05) is 55.4 Å². The number of aliphatic hydroxyl groups excluding tert-OH is 2. The maximum Gasteiger partial charge on any atom is 0.173 e. The summed E-state index contributed by atoms with van der Waals surface area (Å²) in [6.07, 6.45) is 8.35. The first-order chi connectivity index (χ1) is 17.1. The Bertz CT molecular complexity index is 884. The van der Waals surface area contributed by atoms with Gasteiger partial charge >= 0.3 is 0 Å². The van der Waals surface area contributed by atoms with Crippen molar-refractivity contribution in [2.75, 3.05) is 13.2 Å². The Kier molecular flexibility index (Phi) is 6.62. The number of fused-ring (bicyclic) bond motifs is 5. The molecule has 5 heteroatoms. The van der Waals surface area contributed by atoms with Crippen molar-refractivity contribution < 1.29 is 24.8 Å². The van der Waals surface area contributed by atoms with E-state index < -0.39 is 22.9 Å². The lowest BCUT2D eigenvalue weighted by molar-refractivity contribution is -0.300. The summed E-state index contributed by atoms with van der Waals surface area (Å²) in [5.74, 6) is -0.240. The zero-order chi connectivity index (χ0) is 27.3. The third kappa shape index (κ3) is 3.39. The smallest absolute Gasteiger partial charge is 0.173 e. The van der Waals surface area contributed by atoms with Gasteiger partial charge in [0.1, 0.15) is 5.60 Å². The molecule has 1 heterocycles. The van der Waals surface area contributed by atoms with E-state index in [1.54, 1.807) is 0 Å². The van der Waals surface area contributed by atoms with Gasteiger partial charge in [-0.15, -0.1) is 0 Å². The van der Waals surface area contributed by atoms with Crippen molar-refractivity contribution in [3.8, 4) is 0 Å². The van der Waals surface area contributed by atoms with Crippen LogP contribution < -0.4 is 0 Å². The molecule has 5 fully saturated rings. The van der Waals surface area contributed by atoms with Crippen LogP contribution in [0.1, 0.15) is 120 Å². The summed E-state index contributed by atoms with van der Waals surface area (Å²) in [4.78, 5) is 0. The Morgan fingerprint density at radius 1 is 0.784 bits per heavy atom. The first-order valence-electron chi connectivity index (χ1n) is 15.4. The number of ether oxygens (including phenoxy) is 2. The van der Waals surface area contributed by atoms with Crippen LogP contribution in [0.25, 0.3) is 0 Å². The third-order valence-electron chi connectivity index (χ3n) is 14.4. The average Bonchev–Trinajstić information content (AvgIpc) is 3.36. The lowest BCUT2D eigenvalue weighted by Crippen LogP contribution is -2.69. The Morgan fingerprint density at radius 3 is 2.05 bits per heavy atom. The van der Waals surface area contributed by atoms with E-state index in [9.17, 15) is 15.3 Å². The Morgan fingerprint density at radius 2 is 1.43 bits per heavy atom. The van der Waals surface area contributed by atoms with Crippen molar-refractivity contribution >= 4 is 0 Å². The van der Waals surface area contributed by atoms with Crippen LogP contribution in [-0.4, -0.2) is 52.1 Å². The van der Waals surface area contributed by atoms with Gasteiger partial charge in [0.25, 0.3) is 0 Å². The van der Waals surface area contributed by atoms with Crippen LogP contribution in [0.5, 0.6) is 0 Å². The van der Waals surface area contributed by atoms with E-state index in [2.05, 4.69) is 55.4 Å². The van der Waals surface area contributed by atoms with Gasteiger partial charge in [0.2, 0.25) is 0 Å². The van der Waals surface area contributed by atoms with Crippen LogP contribution in [0.4, 0.5) is 0 Å². The third-order valence-corrected chi connectivity index (χ3v) is 14.4. The van der Waals surface area contributed by atoms with E-state index in [1.807, 2.05) is 0 Å². The maximum absolute atomic E-state index is 12.9. The molecule has 3 N–H and O–H groups in total. The highest BCUT2D eigenvalue weighted by Crippen LogP contribution is 2.80. The van der Waals surface area contributed by atoms with Crippen LogP contribution in [0, 0.1) is 44.8 Å². The number of hydrogen-bond donors (Lipinski definition) is 3. The van der Waals surface area contributed by atoms with Crippen LogP contribution >= 0.6 is 0 Å². The zero-order valence-corrected chi connectivity index (χ0v) is 25.0. The fourth-order valence-corrected chi connectivity index (χ4v) is 11.4. The Labute approximate surface area is 226 Å². The maximum atomic E-state index is 12.9. The molecular formula is C32H56O5. The first-order valence-corrected chi connectivity index (χ1v) is 15.4. The summed E-state index contributed by atoms with van der Waals surface area (Å²) in [5.41, 5.74) is -1.54. The molecule has 1 saturated heterocycles. The molecule has 4 aliphatic carbocycles. The summed E-state index contributed by atoms with van der Waals surface area (Å²) >= 11 is 0. The van der Waals surface area contributed by atoms with E-state index >= 15 is 0 Å². The predicted molar refractivity (Wildman–Crippen MR) is 146 cm³/mol. The zero-order valence-electron chi connectivity index (χ0n) is 25.0. The van der Waals surface area contributed by atoms with Crippen LogP contribution in [0.3, 0.4) is 0 Å². The average molecular weight is 521 g/mol. The normalized spacial score (nSPS) is 54.0. The summed E-state index contributed by atoms with van der Waals surface area (Å²) in [6, 6.07) is 0. The van der Waals surface area contributed by atoms with Gasteiger partial charge in [-0.3, -0.25) is 0 Å². The molecule has 4 saturated carbocycles. The Hall–Kier alpha value is -0.200. The second kappa shape index (κ2) is 8.65. The minimum Gasteiger partial charge on any atom is -0.393 e. The van der Waals surface area contributed by atoms with Gasteiger partial charge < -0.3 is 24.8 Å². The standard InChI is InChI=1S/C32H56O5/c1-21(2)9-14-31(36-17-18-37-31)22(3)32(35)25(34)20-28(6)24-11-12-26(4)19-23(33)10-13-29(26,7)27(24,5)15-16-30(28,32)8/h21-25,33-35H,9-20H2,1-8H3/t22-,23+,24?,25+,26+,27+,28+,29+,30+,32-/m1/s1. The van der Waals surface area contributed by atoms with Crippen molar-refractivity contribution in [1.29, 1.82) is 0 Å². The van der Waals surface area contributed by atoms with Crippen molar-refractivity contribution in [3.63, 3.8) is 0 Å². The van der Waals surface area contributed by atoms with Gasteiger partial charge in [-0.2, -0.15) is 0 Å². The molecule has 0 aromatic carbocycles. The van der Waals surface area contributed by atoms with E-state index in [4.69, 9.17) is 9.47 Å². The monoisotopic (exact) mass is 520 g/mol. The highest BCUT2D eigenvalue weighted by atomic mass is 16.7. The second-order valence-electron chi connectivity index (χ2n) is 15.8. The molecule has 5 rings (SSSR count). The van der Waals surface area contributed by atoms with E-state index in [1.165, 1.54) is 0 Å². The van der Waals surface area contributed by atoms with E-state index in [0.717, 1.165) is 57.8 Å². The van der Waals surface area contributed by atoms with E-state index in [-0.39, 0.29) is 33.7 Å². The minimum absolute atomic E-state index is 0.109. The van der Waals surface area contributed by atoms with Crippen molar-refractivity contribution in [2.24, 2.45) is 44.8 Å². The van der Waals surface area contributed by atoms with Crippen LogP contribution in [0.2, 0.25) is 0 Å². The Balaban J connectivity index is 1.54. The second-order valence-corrected chi connectivity index (χ2v) is 15.8. The van der Waals surface area contributed by atoms with Gasteiger partial charge in [-0.05, 0) is 91.3 Å². The lowest BCUT2D eigenvalue weighted by Gasteiger charge is -2.73. The number of hydrogen-bond acceptors (Lipinski definition) is 5. The first kappa shape index (κ1) is 28.3. The molecule has 0 amide bonds. The molecule has 5 nitrogen and oxygen atoms in total. The molecule has 0 radical (unpaired) electrons. The molecule has 0 bridgehead atoms. The molecule has 5 aliphatic rings. The summed E-state index contributed by atoms with van der Waals surface area (Å²) in [7, 11) is 0. The largest absolute Gasteiger partial charge is 0.393 e. The van der Waals surface area contributed by atoms with Crippen molar-refractivity contribution in [2.45, 2.75) is 143 Å². The molecule has 10 atom stereocenters. The molecule has 0 aromatic heterocycles. The van der Waals surface area contributed by atoms with Crippen molar-refractivity contribution in [3.05, 3.63) is 0 Å². The van der Waals surface area contributed by atoms with Gasteiger partial charge in [-0.25, -0.2) is 0 Å². The molecule has 1 aliphatic heterocycles.